The molecule has 25 heavy (non-hydrogen) atoms. The molecule has 0 spiro atoms. The summed E-state index contributed by atoms with van der Waals surface area (Å²) in [6.45, 7) is 4.19. The lowest BCUT2D eigenvalue weighted by Gasteiger charge is -2.31. The molecule has 0 aromatic rings. The molecule has 0 aromatic carbocycles. The van der Waals surface area contributed by atoms with Crippen molar-refractivity contribution in [3.8, 4) is 0 Å². The molecule has 2 fully saturated rings. The highest BCUT2D eigenvalue weighted by molar-refractivity contribution is 5.85. The van der Waals surface area contributed by atoms with Gasteiger partial charge in [0, 0.05) is 6.04 Å². The topological polar surface area (TPSA) is 50.1 Å². The first-order valence-electron chi connectivity index (χ1n) is 11.0. The van der Waals surface area contributed by atoms with Gasteiger partial charge in [-0.1, -0.05) is 64.2 Å². The van der Waals surface area contributed by atoms with E-state index in [0.29, 0.717) is 0 Å². The largest absolute Gasteiger partial charge is 0.330 e. The molecule has 3 nitrogen and oxygen atoms in total. The zero-order valence-corrected chi connectivity index (χ0v) is 17.3. The van der Waals surface area contributed by atoms with Crippen LogP contribution in [0.5, 0.6) is 0 Å². The Bertz CT molecular complexity index is 269. The van der Waals surface area contributed by atoms with Gasteiger partial charge >= 0.3 is 0 Å². The molecule has 2 rings (SSSR count). The first-order chi connectivity index (χ1) is 11.9. The van der Waals surface area contributed by atoms with E-state index >= 15 is 0 Å². The third-order valence-electron chi connectivity index (χ3n) is 6.21. The van der Waals surface area contributed by atoms with Gasteiger partial charge in [-0.2, -0.15) is 0 Å². The van der Waals surface area contributed by atoms with Crippen LogP contribution in [0.1, 0.15) is 89.9 Å². The molecule has 0 amide bonds. The molecule has 4 N–H and O–H groups in total. The molecule has 0 bridgehead atoms. The van der Waals surface area contributed by atoms with Crippen molar-refractivity contribution in [2.45, 2.75) is 95.9 Å². The van der Waals surface area contributed by atoms with Crippen LogP contribution in [0.4, 0.5) is 0 Å². The molecule has 4 heteroatoms. The van der Waals surface area contributed by atoms with Crippen LogP contribution in [0.3, 0.4) is 0 Å². The molecular formula is C21H44ClN3. The SMILES string of the molecule is Cl.NCCCNCCCNC(CC1CCCCC1)CC1CCCCC1. The van der Waals surface area contributed by atoms with Gasteiger partial charge < -0.3 is 16.4 Å². The van der Waals surface area contributed by atoms with Gasteiger partial charge in [-0.05, 0) is 63.7 Å². The van der Waals surface area contributed by atoms with E-state index in [0.717, 1.165) is 43.9 Å². The minimum Gasteiger partial charge on any atom is -0.330 e. The molecule has 2 aliphatic rings. The predicted molar refractivity (Wildman–Crippen MR) is 113 cm³/mol. The predicted octanol–water partition coefficient (Wildman–Crippen LogP) is 4.64. The van der Waals surface area contributed by atoms with Crippen molar-refractivity contribution in [2.75, 3.05) is 26.2 Å². The maximum Gasteiger partial charge on any atom is 0.00723 e. The molecule has 0 unspecified atom stereocenters. The summed E-state index contributed by atoms with van der Waals surface area (Å²) in [5.41, 5.74) is 5.53. The first-order valence-corrected chi connectivity index (χ1v) is 11.0. The number of hydrogen-bond acceptors (Lipinski definition) is 3. The van der Waals surface area contributed by atoms with Crippen LogP contribution in [0, 0.1) is 11.8 Å². The minimum absolute atomic E-state index is 0. The zero-order valence-electron chi connectivity index (χ0n) is 16.4. The summed E-state index contributed by atoms with van der Waals surface area (Å²) in [5, 5.41) is 7.44. The third-order valence-corrected chi connectivity index (χ3v) is 6.21. The Hall–Kier alpha value is 0.170. The average Bonchev–Trinajstić information content (AvgIpc) is 2.62. The van der Waals surface area contributed by atoms with Crippen LogP contribution in [0.15, 0.2) is 0 Å². The van der Waals surface area contributed by atoms with Gasteiger partial charge in [-0.15, -0.1) is 12.4 Å². The molecule has 0 heterocycles. The number of nitrogens with one attached hydrogen (secondary N) is 2. The summed E-state index contributed by atoms with van der Waals surface area (Å²) in [5.74, 6) is 2.00. The lowest BCUT2D eigenvalue weighted by atomic mass is 9.80. The van der Waals surface area contributed by atoms with Crippen LogP contribution in [-0.4, -0.2) is 32.2 Å². The van der Waals surface area contributed by atoms with Crippen molar-refractivity contribution in [3.63, 3.8) is 0 Å². The van der Waals surface area contributed by atoms with Gasteiger partial charge in [0.05, 0.1) is 0 Å². The molecule has 150 valence electrons. The summed E-state index contributed by atoms with van der Waals surface area (Å²) in [6.07, 6.45) is 20.1. The van der Waals surface area contributed by atoms with E-state index < -0.39 is 0 Å². The molecule has 2 saturated carbocycles. The molecule has 0 aromatic heterocycles. The smallest absolute Gasteiger partial charge is 0.00723 e. The van der Waals surface area contributed by atoms with E-state index in [1.807, 2.05) is 0 Å². The molecule has 0 radical (unpaired) electrons. The highest BCUT2D eigenvalue weighted by atomic mass is 35.5. The number of nitrogens with two attached hydrogens (primary N) is 1. The Morgan fingerprint density at radius 2 is 1.24 bits per heavy atom. The van der Waals surface area contributed by atoms with Gasteiger partial charge in [0.1, 0.15) is 0 Å². The Balaban J connectivity index is 0.00000312. The minimum atomic E-state index is 0. The second-order valence-electron chi connectivity index (χ2n) is 8.38. The number of hydrogen-bond donors (Lipinski definition) is 3. The van der Waals surface area contributed by atoms with Crippen molar-refractivity contribution >= 4 is 12.4 Å². The fraction of sp³-hybridized carbons (Fsp3) is 1.00. The zero-order chi connectivity index (χ0) is 16.9. The highest BCUT2D eigenvalue weighted by Gasteiger charge is 2.22. The lowest BCUT2D eigenvalue weighted by Crippen LogP contribution is -2.36. The van der Waals surface area contributed by atoms with Gasteiger partial charge in [-0.3, -0.25) is 0 Å². The molecule has 0 aliphatic heterocycles. The van der Waals surface area contributed by atoms with Gasteiger partial charge in [0.15, 0.2) is 0 Å². The Morgan fingerprint density at radius 3 is 1.76 bits per heavy atom. The summed E-state index contributed by atoms with van der Waals surface area (Å²) >= 11 is 0. The monoisotopic (exact) mass is 373 g/mol. The standard InChI is InChI=1S/C21H43N3.ClH/c22-13-7-14-23-15-8-16-24-21(17-19-9-3-1-4-10-19)18-20-11-5-2-6-12-20;/h19-21,23-24H,1-18,22H2;1H. The van der Waals surface area contributed by atoms with E-state index in [2.05, 4.69) is 10.6 Å². The second kappa shape index (κ2) is 15.2. The van der Waals surface area contributed by atoms with E-state index in [4.69, 9.17) is 5.73 Å². The van der Waals surface area contributed by atoms with E-state index in [1.165, 1.54) is 90.0 Å². The van der Waals surface area contributed by atoms with E-state index in [9.17, 15) is 0 Å². The first kappa shape index (κ1) is 23.2. The van der Waals surface area contributed by atoms with E-state index in [-0.39, 0.29) is 12.4 Å². The normalized spacial score (nSPS) is 19.9. The van der Waals surface area contributed by atoms with Crippen LogP contribution in [-0.2, 0) is 0 Å². The van der Waals surface area contributed by atoms with Gasteiger partial charge in [0.2, 0.25) is 0 Å². The van der Waals surface area contributed by atoms with Gasteiger partial charge in [0.25, 0.3) is 0 Å². The molecular weight excluding hydrogens is 330 g/mol. The fourth-order valence-corrected chi connectivity index (χ4v) is 4.78. The van der Waals surface area contributed by atoms with Crippen molar-refractivity contribution in [1.82, 2.24) is 10.6 Å². The Morgan fingerprint density at radius 1 is 0.720 bits per heavy atom. The Kier molecular flexibility index (Phi) is 14.2. The number of halogens is 1. The maximum atomic E-state index is 5.53. The van der Waals surface area contributed by atoms with Crippen LogP contribution >= 0.6 is 12.4 Å². The van der Waals surface area contributed by atoms with Crippen molar-refractivity contribution < 1.29 is 0 Å². The van der Waals surface area contributed by atoms with Crippen molar-refractivity contribution in [1.29, 1.82) is 0 Å². The molecule has 0 saturated heterocycles. The molecule has 0 atom stereocenters. The summed E-state index contributed by atoms with van der Waals surface area (Å²) in [4.78, 5) is 0. The summed E-state index contributed by atoms with van der Waals surface area (Å²) in [7, 11) is 0. The lowest BCUT2D eigenvalue weighted by molar-refractivity contribution is 0.245. The second-order valence-corrected chi connectivity index (χ2v) is 8.38. The fourth-order valence-electron chi connectivity index (χ4n) is 4.78. The average molecular weight is 374 g/mol. The summed E-state index contributed by atoms with van der Waals surface area (Å²) in [6, 6.07) is 0.778. The molecule has 2 aliphatic carbocycles. The number of rotatable bonds is 12. The third kappa shape index (κ3) is 10.8. The Labute approximate surface area is 163 Å². The van der Waals surface area contributed by atoms with Crippen molar-refractivity contribution in [2.24, 2.45) is 17.6 Å². The maximum absolute atomic E-state index is 5.53. The van der Waals surface area contributed by atoms with Crippen LogP contribution in [0.2, 0.25) is 0 Å². The van der Waals surface area contributed by atoms with Crippen molar-refractivity contribution in [3.05, 3.63) is 0 Å². The van der Waals surface area contributed by atoms with E-state index in [1.54, 1.807) is 0 Å². The van der Waals surface area contributed by atoms with Crippen LogP contribution < -0.4 is 16.4 Å². The highest BCUT2D eigenvalue weighted by Crippen LogP contribution is 2.32. The summed E-state index contributed by atoms with van der Waals surface area (Å²) < 4.78 is 0. The van der Waals surface area contributed by atoms with Crippen LogP contribution in [0.25, 0.3) is 0 Å². The van der Waals surface area contributed by atoms with Gasteiger partial charge in [-0.25, -0.2) is 0 Å². The quantitative estimate of drug-likeness (QED) is 0.437.